The molecule has 0 saturated heterocycles. The predicted octanol–water partition coefficient (Wildman–Crippen LogP) is 4.65. The molecule has 0 amide bonds. The van der Waals surface area contributed by atoms with Crippen molar-refractivity contribution in [2.24, 2.45) is 0 Å². The molecule has 3 rings (SSSR count). The van der Waals surface area contributed by atoms with Gasteiger partial charge in [0.05, 0.1) is 5.52 Å². The molecule has 114 valence electrons. The van der Waals surface area contributed by atoms with Crippen molar-refractivity contribution in [2.45, 2.75) is 26.5 Å². The molecule has 0 fully saturated rings. The number of ether oxygens (including phenoxy) is 1. The second-order valence-electron chi connectivity index (χ2n) is 5.57. The molecule has 3 aromatic rings. The molecule has 0 aliphatic rings. The first kappa shape index (κ1) is 14.4. The first-order valence-corrected chi connectivity index (χ1v) is 7.26. The normalized spacial score (nSPS) is 11.3. The van der Waals surface area contributed by atoms with E-state index in [1.807, 2.05) is 30.7 Å². The number of para-hydroxylation sites is 1. The number of hydrogen-bond acceptors (Lipinski definition) is 2. The zero-order valence-corrected chi connectivity index (χ0v) is 12.6. The van der Waals surface area contributed by atoms with Gasteiger partial charge in [0.1, 0.15) is 23.9 Å². The molecule has 22 heavy (non-hydrogen) atoms. The van der Waals surface area contributed by atoms with Crippen LogP contribution in [0.5, 0.6) is 11.5 Å². The average Bonchev–Trinajstić information content (AvgIpc) is 2.87. The van der Waals surface area contributed by atoms with E-state index in [0.717, 1.165) is 10.9 Å². The summed E-state index contributed by atoms with van der Waals surface area (Å²) in [7, 11) is 0. The van der Waals surface area contributed by atoms with E-state index in [1.165, 1.54) is 6.07 Å². The summed E-state index contributed by atoms with van der Waals surface area (Å²) in [4.78, 5) is 0. The van der Waals surface area contributed by atoms with Gasteiger partial charge < -0.3 is 14.4 Å². The minimum atomic E-state index is -0.220. The Balaban J connectivity index is 1.94. The molecule has 1 N–H and O–H groups in total. The second kappa shape index (κ2) is 5.72. The number of aromatic hydroxyl groups is 1. The van der Waals surface area contributed by atoms with Crippen molar-refractivity contribution in [3.05, 3.63) is 60.0 Å². The van der Waals surface area contributed by atoms with Crippen LogP contribution < -0.4 is 4.74 Å². The topological polar surface area (TPSA) is 34.4 Å². The third-order valence-corrected chi connectivity index (χ3v) is 3.67. The summed E-state index contributed by atoms with van der Waals surface area (Å²) in [5.41, 5.74) is 1.55. The number of phenols is 1. The summed E-state index contributed by atoms with van der Waals surface area (Å²) in [6.07, 6.45) is 1.94. The second-order valence-corrected chi connectivity index (χ2v) is 5.57. The maximum atomic E-state index is 14.1. The number of nitrogens with zero attached hydrogens (tertiary/aromatic N) is 1. The Labute approximate surface area is 128 Å². The lowest BCUT2D eigenvalue weighted by atomic mass is 10.2. The van der Waals surface area contributed by atoms with Crippen LogP contribution in [0.15, 0.2) is 48.7 Å². The summed E-state index contributed by atoms with van der Waals surface area (Å²) in [6, 6.07) is 11.8. The van der Waals surface area contributed by atoms with Crippen molar-refractivity contribution in [3.63, 3.8) is 0 Å². The highest BCUT2D eigenvalue weighted by Gasteiger charge is 2.14. The van der Waals surface area contributed by atoms with Gasteiger partial charge in [0, 0.05) is 23.2 Å². The maximum Gasteiger partial charge on any atom is 0.147 e. The fourth-order valence-corrected chi connectivity index (χ4v) is 2.56. The summed E-state index contributed by atoms with van der Waals surface area (Å²) in [5, 5.41) is 10.1. The Morgan fingerprint density at radius 3 is 2.55 bits per heavy atom. The standard InChI is InChI=1S/C18H18FNO2/c1-12(2)20-10-13(16-4-3-5-17(19)18(16)20)11-22-15-8-6-14(21)7-9-15/h3-10,12,21H,11H2,1-2H3. The number of halogens is 1. The van der Waals surface area contributed by atoms with Crippen LogP contribution in [0.4, 0.5) is 4.39 Å². The lowest BCUT2D eigenvalue weighted by Crippen LogP contribution is -1.99. The van der Waals surface area contributed by atoms with E-state index in [0.29, 0.717) is 17.9 Å². The van der Waals surface area contributed by atoms with Gasteiger partial charge in [-0.1, -0.05) is 12.1 Å². The van der Waals surface area contributed by atoms with E-state index in [-0.39, 0.29) is 17.6 Å². The SMILES string of the molecule is CC(C)n1cc(COc2ccc(O)cc2)c2cccc(F)c21. The Morgan fingerprint density at radius 1 is 1.14 bits per heavy atom. The average molecular weight is 299 g/mol. The molecule has 2 aromatic carbocycles. The highest BCUT2D eigenvalue weighted by atomic mass is 19.1. The van der Waals surface area contributed by atoms with Crippen LogP contribution in [0.1, 0.15) is 25.5 Å². The summed E-state index contributed by atoms with van der Waals surface area (Å²) in [6.45, 7) is 4.40. The molecule has 0 aliphatic heterocycles. The van der Waals surface area contributed by atoms with Crippen LogP contribution >= 0.6 is 0 Å². The third kappa shape index (κ3) is 2.64. The van der Waals surface area contributed by atoms with Gasteiger partial charge >= 0.3 is 0 Å². The molecular formula is C18H18FNO2. The summed E-state index contributed by atoms with van der Waals surface area (Å²) < 4.78 is 21.8. The van der Waals surface area contributed by atoms with Gasteiger partial charge in [-0.05, 0) is 44.2 Å². The van der Waals surface area contributed by atoms with E-state index in [2.05, 4.69) is 0 Å². The molecule has 1 aromatic heterocycles. The number of hydrogen-bond donors (Lipinski definition) is 1. The maximum absolute atomic E-state index is 14.1. The molecule has 0 aliphatic carbocycles. The monoisotopic (exact) mass is 299 g/mol. The molecule has 0 bridgehead atoms. The summed E-state index contributed by atoms with van der Waals surface area (Å²) in [5.74, 6) is 0.646. The molecule has 0 unspecified atom stereocenters. The smallest absolute Gasteiger partial charge is 0.147 e. The van der Waals surface area contributed by atoms with Crippen LogP contribution in [0.3, 0.4) is 0 Å². The van der Waals surface area contributed by atoms with Gasteiger partial charge in [-0.25, -0.2) is 4.39 Å². The van der Waals surface area contributed by atoms with Crippen LogP contribution in [-0.2, 0) is 6.61 Å². The zero-order chi connectivity index (χ0) is 15.7. The van der Waals surface area contributed by atoms with Crippen LogP contribution in [0, 0.1) is 5.82 Å². The number of phenolic OH excluding ortho intramolecular Hbond substituents is 1. The van der Waals surface area contributed by atoms with E-state index in [9.17, 15) is 9.50 Å². The fourth-order valence-electron chi connectivity index (χ4n) is 2.56. The van der Waals surface area contributed by atoms with Gasteiger partial charge in [0.25, 0.3) is 0 Å². The minimum Gasteiger partial charge on any atom is -0.508 e. The highest BCUT2D eigenvalue weighted by Crippen LogP contribution is 2.28. The van der Waals surface area contributed by atoms with Crippen molar-refractivity contribution in [3.8, 4) is 11.5 Å². The fraction of sp³-hybridized carbons (Fsp3) is 0.222. The van der Waals surface area contributed by atoms with Crippen LogP contribution in [0.25, 0.3) is 10.9 Å². The quantitative estimate of drug-likeness (QED) is 0.761. The number of rotatable bonds is 4. The van der Waals surface area contributed by atoms with Gasteiger partial charge in [-0.15, -0.1) is 0 Å². The third-order valence-electron chi connectivity index (χ3n) is 3.67. The van der Waals surface area contributed by atoms with E-state index < -0.39 is 0 Å². The van der Waals surface area contributed by atoms with E-state index in [4.69, 9.17) is 4.74 Å². The summed E-state index contributed by atoms with van der Waals surface area (Å²) >= 11 is 0. The van der Waals surface area contributed by atoms with Crippen molar-refractivity contribution in [1.29, 1.82) is 0 Å². The van der Waals surface area contributed by atoms with Crippen molar-refractivity contribution in [1.82, 2.24) is 4.57 Å². The number of aromatic nitrogens is 1. The molecular weight excluding hydrogens is 281 g/mol. The minimum absolute atomic E-state index is 0.168. The molecule has 1 heterocycles. The first-order chi connectivity index (χ1) is 10.6. The van der Waals surface area contributed by atoms with Crippen molar-refractivity contribution < 1.29 is 14.2 Å². The Hall–Kier alpha value is -2.49. The molecule has 4 heteroatoms. The first-order valence-electron chi connectivity index (χ1n) is 7.26. The molecule has 0 saturated carbocycles. The predicted molar refractivity (Wildman–Crippen MR) is 84.7 cm³/mol. The van der Waals surface area contributed by atoms with Gasteiger partial charge in [0.15, 0.2) is 0 Å². The van der Waals surface area contributed by atoms with Crippen molar-refractivity contribution >= 4 is 10.9 Å². The molecule has 3 nitrogen and oxygen atoms in total. The number of benzene rings is 2. The largest absolute Gasteiger partial charge is 0.508 e. The lowest BCUT2D eigenvalue weighted by Gasteiger charge is -2.09. The Morgan fingerprint density at radius 2 is 1.86 bits per heavy atom. The van der Waals surface area contributed by atoms with Crippen LogP contribution in [-0.4, -0.2) is 9.67 Å². The van der Waals surface area contributed by atoms with E-state index >= 15 is 0 Å². The van der Waals surface area contributed by atoms with E-state index in [1.54, 1.807) is 30.3 Å². The van der Waals surface area contributed by atoms with Crippen LogP contribution in [0.2, 0.25) is 0 Å². The molecule has 0 atom stereocenters. The Bertz CT molecular complexity index is 791. The number of fused-ring (bicyclic) bond motifs is 1. The van der Waals surface area contributed by atoms with Gasteiger partial charge in [0.2, 0.25) is 0 Å². The molecule has 0 spiro atoms. The van der Waals surface area contributed by atoms with Gasteiger partial charge in [-0.3, -0.25) is 0 Å². The van der Waals surface area contributed by atoms with Gasteiger partial charge in [-0.2, -0.15) is 0 Å². The molecule has 0 radical (unpaired) electrons. The highest BCUT2D eigenvalue weighted by molar-refractivity contribution is 5.84. The Kier molecular flexibility index (Phi) is 3.75. The lowest BCUT2D eigenvalue weighted by molar-refractivity contribution is 0.306. The zero-order valence-electron chi connectivity index (χ0n) is 12.6. The van der Waals surface area contributed by atoms with Crippen molar-refractivity contribution in [2.75, 3.05) is 0 Å².